The Kier molecular flexibility index (Phi) is 5.65. The highest BCUT2D eigenvalue weighted by atomic mass is 16.8. The molecule has 0 aliphatic carbocycles. The monoisotopic (exact) mass is 435 g/mol. The third kappa shape index (κ3) is 4.06. The van der Waals surface area contributed by atoms with Crippen molar-refractivity contribution < 1.29 is 28.9 Å². The summed E-state index contributed by atoms with van der Waals surface area (Å²) in [5.41, 5.74) is 2.79. The number of benzene rings is 2. The summed E-state index contributed by atoms with van der Waals surface area (Å²) in [7, 11) is 0. The maximum absolute atomic E-state index is 13.1. The number of nitrogens with one attached hydrogen (secondary N) is 1. The van der Waals surface area contributed by atoms with Crippen molar-refractivity contribution in [2.45, 2.75) is 38.9 Å². The van der Waals surface area contributed by atoms with Crippen molar-refractivity contribution in [2.24, 2.45) is 0 Å². The van der Waals surface area contributed by atoms with Crippen molar-refractivity contribution in [3.8, 4) is 0 Å². The van der Waals surface area contributed by atoms with Crippen LogP contribution in [-0.2, 0) is 30.2 Å². The number of H-pyrrole nitrogens is 1. The van der Waals surface area contributed by atoms with Gasteiger partial charge in [-0.25, -0.2) is 4.79 Å². The van der Waals surface area contributed by atoms with Crippen LogP contribution in [-0.4, -0.2) is 34.4 Å². The molecule has 7 heteroatoms. The minimum atomic E-state index is -1.29. The summed E-state index contributed by atoms with van der Waals surface area (Å²) < 4.78 is 16.1. The van der Waals surface area contributed by atoms with Crippen LogP contribution in [0.1, 0.15) is 43.5 Å². The van der Waals surface area contributed by atoms with E-state index >= 15 is 0 Å². The number of para-hydroxylation sites is 1. The zero-order valence-electron chi connectivity index (χ0n) is 18.2. The standard InChI is InChI=1S/C25H25NO6/c1-4-30-19(27)14-18-21(16-12-8-9-13-17(16)26-18)20(15-10-6-5-7-11-15)22-23(28)31-25(2,3)32-24(22)29/h5-13,20,26,28H,4,14H2,1-3H3. The molecule has 1 aliphatic rings. The molecule has 1 atom stereocenters. The number of hydrogen-bond acceptors (Lipinski definition) is 6. The quantitative estimate of drug-likeness (QED) is 0.554. The molecule has 0 radical (unpaired) electrons. The van der Waals surface area contributed by atoms with E-state index in [0.29, 0.717) is 11.3 Å². The molecule has 2 N–H and O–H groups in total. The van der Waals surface area contributed by atoms with Gasteiger partial charge in [-0.3, -0.25) is 4.79 Å². The Balaban J connectivity index is 1.97. The zero-order valence-corrected chi connectivity index (χ0v) is 18.2. The number of aromatic nitrogens is 1. The molecule has 0 saturated heterocycles. The normalized spacial score (nSPS) is 16.4. The molecule has 0 saturated carbocycles. The Hall–Kier alpha value is -3.74. The molecule has 0 fully saturated rings. The summed E-state index contributed by atoms with van der Waals surface area (Å²) in [5, 5.41) is 11.6. The van der Waals surface area contributed by atoms with Crippen LogP contribution < -0.4 is 0 Å². The second-order valence-corrected chi connectivity index (χ2v) is 8.00. The van der Waals surface area contributed by atoms with E-state index in [9.17, 15) is 14.7 Å². The molecule has 32 heavy (non-hydrogen) atoms. The zero-order chi connectivity index (χ0) is 22.9. The number of fused-ring (bicyclic) bond motifs is 1. The number of esters is 2. The molecule has 0 spiro atoms. The molecular formula is C25H25NO6. The first-order valence-corrected chi connectivity index (χ1v) is 10.5. The average Bonchev–Trinajstić information content (AvgIpc) is 3.08. The lowest BCUT2D eigenvalue weighted by Crippen LogP contribution is -2.38. The largest absolute Gasteiger partial charge is 0.480 e. The van der Waals surface area contributed by atoms with Crippen molar-refractivity contribution in [3.05, 3.63) is 82.9 Å². The predicted octanol–water partition coefficient (Wildman–Crippen LogP) is 4.48. The summed E-state index contributed by atoms with van der Waals surface area (Å²) in [4.78, 5) is 28.7. The fourth-order valence-electron chi connectivity index (χ4n) is 4.08. The predicted molar refractivity (Wildman–Crippen MR) is 118 cm³/mol. The van der Waals surface area contributed by atoms with Gasteiger partial charge >= 0.3 is 11.9 Å². The molecule has 0 bridgehead atoms. The molecule has 7 nitrogen and oxygen atoms in total. The Morgan fingerprint density at radius 3 is 2.47 bits per heavy atom. The number of cyclic esters (lactones) is 1. The summed E-state index contributed by atoms with van der Waals surface area (Å²) in [5.74, 6) is -3.60. The summed E-state index contributed by atoms with van der Waals surface area (Å²) in [6, 6.07) is 16.8. The second-order valence-electron chi connectivity index (χ2n) is 8.00. The van der Waals surface area contributed by atoms with Gasteiger partial charge in [-0.05, 0) is 24.1 Å². The minimum absolute atomic E-state index is 0.0172. The van der Waals surface area contributed by atoms with Gasteiger partial charge in [-0.15, -0.1) is 0 Å². The van der Waals surface area contributed by atoms with E-state index in [1.807, 2.05) is 54.6 Å². The number of aliphatic hydroxyl groups excluding tert-OH is 1. The highest BCUT2D eigenvalue weighted by Gasteiger charge is 2.42. The molecule has 3 aromatic rings. The number of aromatic amines is 1. The number of carbonyl (C=O) groups is 2. The van der Waals surface area contributed by atoms with Gasteiger partial charge in [0.15, 0.2) is 0 Å². The third-order valence-corrected chi connectivity index (χ3v) is 5.30. The Labute approximate surface area is 185 Å². The third-order valence-electron chi connectivity index (χ3n) is 5.30. The fraction of sp³-hybridized carbons (Fsp3) is 0.280. The van der Waals surface area contributed by atoms with Crippen molar-refractivity contribution >= 4 is 22.8 Å². The Morgan fingerprint density at radius 1 is 1.09 bits per heavy atom. The van der Waals surface area contributed by atoms with Crippen molar-refractivity contribution in [2.75, 3.05) is 6.61 Å². The first kappa shape index (κ1) is 21.5. The molecule has 0 amide bonds. The van der Waals surface area contributed by atoms with Crippen molar-refractivity contribution in [1.29, 1.82) is 0 Å². The van der Waals surface area contributed by atoms with Gasteiger partial charge in [-0.1, -0.05) is 48.5 Å². The van der Waals surface area contributed by atoms with Crippen LogP contribution in [0.25, 0.3) is 10.9 Å². The van der Waals surface area contributed by atoms with Crippen LogP contribution in [0, 0.1) is 0 Å². The van der Waals surface area contributed by atoms with Gasteiger partial charge in [0.1, 0.15) is 5.57 Å². The maximum atomic E-state index is 13.1. The van der Waals surface area contributed by atoms with Crippen LogP contribution >= 0.6 is 0 Å². The minimum Gasteiger partial charge on any atom is -0.480 e. The van der Waals surface area contributed by atoms with Crippen LogP contribution in [0.15, 0.2) is 66.1 Å². The van der Waals surface area contributed by atoms with Crippen LogP contribution in [0.5, 0.6) is 0 Å². The Bertz CT molecular complexity index is 1190. The number of hydrogen-bond donors (Lipinski definition) is 2. The van der Waals surface area contributed by atoms with Crippen LogP contribution in [0.4, 0.5) is 0 Å². The lowest BCUT2D eigenvalue weighted by atomic mass is 9.82. The lowest BCUT2D eigenvalue weighted by molar-refractivity contribution is -0.222. The molecule has 2 heterocycles. The van der Waals surface area contributed by atoms with Gasteiger partial charge in [-0.2, -0.15) is 0 Å². The van der Waals surface area contributed by atoms with Gasteiger partial charge in [0.05, 0.1) is 18.9 Å². The fourth-order valence-corrected chi connectivity index (χ4v) is 4.08. The summed E-state index contributed by atoms with van der Waals surface area (Å²) in [6.07, 6.45) is -0.0172. The summed E-state index contributed by atoms with van der Waals surface area (Å²) in [6.45, 7) is 5.11. The second kappa shape index (κ2) is 8.42. The van der Waals surface area contributed by atoms with Gasteiger partial charge in [0, 0.05) is 30.4 Å². The number of rotatable bonds is 6. The van der Waals surface area contributed by atoms with Crippen molar-refractivity contribution in [1.82, 2.24) is 4.98 Å². The lowest BCUT2D eigenvalue weighted by Gasteiger charge is -2.33. The van der Waals surface area contributed by atoms with E-state index in [2.05, 4.69) is 4.98 Å². The number of aliphatic hydroxyl groups is 1. The highest BCUT2D eigenvalue weighted by Crippen LogP contribution is 2.42. The van der Waals surface area contributed by atoms with Crippen molar-refractivity contribution in [3.63, 3.8) is 0 Å². The van der Waals surface area contributed by atoms with E-state index in [-0.39, 0.29) is 18.6 Å². The molecule has 4 rings (SSSR count). The highest BCUT2D eigenvalue weighted by molar-refractivity contribution is 5.96. The maximum Gasteiger partial charge on any atom is 0.345 e. The van der Waals surface area contributed by atoms with E-state index < -0.39 is 29.6 Å². The first-order chi connectivity index (χ1) is 15.3. The molecule has 1 aromatic heterocycles. The van der Waals surface area contributed by atoms with Gasteiger partial charge < -0.3 is 24.3 Å². The SMILES string of the molecule is CCOC(=O)Cc1[nH]c2ccccc2c1C(C1=C(O)OC(C)(C)OC1=O)c1ccccc1. The van der Waals surface area contributed by atoms with E-state index in [1.165, 1.54) is 0 Å². The summed E-state index contributed by atoms with van der Waals surface area (Å²) >= 11 is 0. The molecule has 1 aliphatic heterocycles. The van der Waals surface area contributed by atoms with E-state index in [1.54, 1.807) is 20.8 Å². The first-order valence-electron chi connectivity index (χ1n) is 10.5. The Morgan fingerprint density at radius 2 is 1.78 bits per heavy atom. The van der Waals surface area contributed by atoms with Crippen LogP contribution in [0.3, 0.4) is 0 Å². The smallest absolute Gasteiger partial charge is 0.345 e. The van der Waals surface area contributed by atoms with E-state index in [0.717, 1.165) is 16.5 Å². The molecular weight excluding hydrogens is 410 g/mol. The molecule has 2 aromatic carbocycles. The molecule has 166 valence electrons. The molecule has 1 unspecified atom stereocenters. The van der Waals surface area contributed by atoms with E-state index in [4.69, 9.17) is 14.2 Å². The van der Waals surface area contributed by atoms with Gasteiger partial charge in [0.2, 0.25) is 0 Å². The number of carbonyl (C=O) groups excluding carboxylic acids is 2. The van der Waals surface area contributed by atoms with Gasteiger partial charge in [0.25, 0.3) is 11.7 Å². The topological polar surface area (TPSA) is 97.9 Å². The average molecular weight is 435 g/mol. The number of ether oxygens (including phenoxy) is 3. The van der Waals surface area contributed by atoms with Crippen LogP contribution in [0.2, 0.25) is 0 Å².